The fourth-order valence-electron chi connectivity index (χ4n) is 3.10. The molecule has 0 saturated carbocycles. The molecular weight excluding hydrogens is 284 g/mol. The summed E-state index contributed by atoms with van der Waals surface area (Å²) in [6.45, 7) is 8.68. The SMILES string of the molecule is Cc1ccc(N2CCN(Cc3ccccc3)[C@@H](C)C2=O)cc1C. The van der Waals surface area contributed by atoms with Gasteiger partial charge in [-0.2, -0.15) is 0 Å². The second-order valence-electron chi connectivity index (χ2n) is 6.39. The van der Waals surface area contributed by atoms with Gasteiger partial charge in [-0.25, -0.2) is 0 Å². The van der Waals surface area contributed by atoms with Crippen molar-refractivity contribution >= 4 is 11.6 Å². The van der Waals surface area contributed by atoms with Gasteiger partial charge in [0.2, 0.25) is 5.91 Å². The van der Waals surface area contributed by atoms with Gasteiger partial charge in [-0.15, -0.1) is 0 Å². The quantitative estimate of drug-likeness (QED) is 0.866. The number of hydrogen-bond acceptors (Lipinski definition) is 2. The first-order chi connectivity index (χ1) is 11.1. The fourth-order valence-corrected chi connectivity index (χ4v) is 3.10. The molecule has 0 aliphatic carbocycles. The van der Waals surface area contributed by atoms with Gasteiger partial charge >= 0.3 is 0 Å². The van der Waals surface area contributed by atoms with Gasteiger partial charge in [0.15, 0.2) is 0 Å². The van der Waals surface area contributed by atoms with Gasteiger partial charge in [-0.1, -0.05) is 36.4 Å². The number of amides is 1. The highest BCUT2D eigenvalue weighted by Gasteiger charge is 2.32. The zero-order chi connectivity index (χ0) is 16.4. The summed E-state index contributed by atoms with van der Waals surface area (Å²) >= 11 is 0. The van der Waals surface area contributed by atoms with E-state index in [0.717, 1.165) is 25.3 Å². The molecule has 0 bridgehead atoms. The number of carbonyl (C=O) groups excluding carboxylic acids is 1. The molecule has 23 heavy (non-hydrogen) atoms. The van der Waals surface area contributed by atoms with Crippen LogP contribution in [0.25, 0.3) is 0 Å². The van der Waals surface area contributed by atoms with Crippen molar-refractivity contribution in [2.45, 2.75) is 33.4 Å². The van der Waals surface area contributed by atoms with Crippen molar-refractivity contribution in [3.8, 4) is 0 Å². The van der Waals surface area contributed by atoms with Crippen LogP contribution >= 0.6 is 0 Å². The Kier molecular flexibility index (Phi) is 4.49. The van der Waals surface area contributed by atoms with E-state index >= 15 is 0 Å². The largest absolute Gasteiger partial charge is 0.310 e. The van der Waals surface area contributed by atoms with Gasteiger partial charge in [-0.05, 0) is 49.6 Å². The van der Waals surface area contributed by atoms with Crippen molar-refractivity contribution in [1.82, 2.24) is 4.90 Å². The first-order valence-corrected chi connectivity index (χ1v) is 8.23. The molecule has 3 heteroatoms. The molecule has 120 valence electrons. The molecule has 1 fully saturated rings. The molecule has 1 aliphatic heterocycles. The van der Waals surface area contributed by atoms with E-state index in [-0.39, 0.29) is 11.9 Å². The number of nitrogens with zero attached hydrogens (tertiary/aromatic N) is 2. The van der Waals surface area contributed by atoms with E-state index in [9.17, 15) is 4.79 Å². The minimum Gasteiger partial charge on any atom is -0.310 e. The fraction of sp³-hybridized carbons (Fsp3) is 0.350. The lowest BCUT2D eigenvalue weighted by Gasteiger charge is -2.39. The topological polar surface area (TPSA) is 23.6 Å². The summed E-state index contributed by atoms with van der Waals surface area (Å²) in [5.41, 5.74) is 4.77. The number of anilines is 1. The molecule has 0 radical (unpaired) electrons. The highest BCUT2D eigenvalue weighted by Crippen LogP contribution is 2.24. The first-order valence-electron chi connectivity index (χ1n) is 8.23. The summed E-state index contributed by atoms with van der Waals surface area (Å²) in [6.07, 6.45) is 0. The summed E-state index contributed by atoms with van der Waals surface area (Å²) in [5.74, 6) is 0.190. The predicted molar refractivity (Wildman–Crippen MR) is 94.6 cm³/mol. The van der Waals surface area contributed by atoms with Gasteiger partial charge < -0.3 is 4.90 Å². The molecule has 3 nitrogen and oxygen atoms in total. The maximum Gasteiger partial charge on any atom is 0.244 e. The lowest BCUT2D eigenvalue weighted by Crippen LogP contribution is -2.55. The number of benzene rings is 2. The zero-order valence-electron chi connectivity index (χ0n) is 14.1. The van der Waals surface area contributed by atoms with Crippen LogP contribution in [-0.4, -0.2) is 29.9 Å². The Morgan fingerprint density at radius 3 is 2.43 bits per heavy atom. The Labute approximate surface area is 138 Å². The summed E-state index contributed by atoms with van der Waals surface area (Å²) in [6, 6.07) is 16.5. The number of hydrogen-bond donors (Lipinski definition) is 0. The third-order valence-corrected chi connectivity index (χ3v) is 4.81. The van der Waals surface area contributed by atoms with Crippen molar-refractivity contribution in [2.75, 3.05) is 18.0 Å². The van der Waals surface area contributed by atoms with Gasteiger partial charge in [0.05, 0.1) is 6.04 Å². The second kappa shape index (κ2) is 6.55. The molecule has 2 aromatic carbocycles. The lowest BCUT2D eigenvalue weighted by atomic mass is 10.1. The van der Waals surface area contributed by atoms with Crippen LogP contribution in [0, 0.1) is 13.8 Å². The molecule has 1 saturated heterocycles. The van der Waals surface area contributed by atoms with E-state index in [4.69, 9.17) is 0 Å². The van der Waals surface area contributed by atoms with E-state index in [0.29, 0.717) is 0 Å². The Morgan fingerprint density at radius 2 is 1.74 bits per heavy atom. The lowest BCUT2D eigenvalue weighted by molar-refractivity contribution is -0.125. The van der Waals surface area contributed by atoms with E-state index in [2.05, 4.69) is 49.1 Å². The number of piperazine rings is 1. The Hall–Kier alpha value is -2.13. The number of rotatable bonds is 3. The monoisotopic (exact) mass is 308 g/mol. The molecular formula is C20H24N2O. The van der Waals surface area contributed by atoms with Gasteiger partial charge in [0.1, 0.15) is 0 Å². The molecule has 1 heterocycles. The normalized spacial score (nSPS) is 19.2. The third-order valence-electron chi connectivity index (χ3n) is 4.81. The van der Waals surface area contributed by atoms with Crippen LogP contribution in [0.1, 0.15) is 23.6 Å². The average Bonchev–Trinajstić information content (AvgIpc) is 2.56. The van der Waals surface area contributed by atoms with Gasteiger partial charge in [-0.3, -0.25) is 9.69 Å². The molecule has 0 unspecified atom stereocenters. The molecule has 2 aromatic rings. The molecule has 3 rings (SSSR count). The summed E-state index contributed by atoms with van der Waals surface area (Å²) in [7, 11) is 0. The van der Waals surface area contributed by atoms with Crippen LogP contribution in [0.3, 0.4) is 0 Å². The van der Waals surface area contributed by atoms with E-state index < -0.39 is 0 Å². The third kappa shape index (κ3) is 3.30. The molecule has 1 atom stereocenters. The van der Waals surface area contributed by atoms with E-state index in [1.54, 1.807) is 0 Å². The average molecular weight is 308 g/mol. The number of aryl methyl sites for hydroxylation is 2. The minimum absolute atomic E-state index is 0.0921. The Bertz CT molecular complexity index is 696. The molecule has 0 N–H and O–H groups in total. The van der Waals surface area contributed by atoms with Crippen LogP contribution in [0.4, 0.5) is 5.69 Å². The Morgan fingerprint density at radius 1 is 1.00 bits per heavy atom. The Balaban J connectivity index is 1.74. The van der Waals surface area contributed by atoms with Gasteiger partial charge in [0, 0.05) is 25.3 Å². The van der Waals surface area contributed by atoms with Gasteiger partial charge in [0.25, 0.3) is 0 Å². The highest BCUT2D eigenvalue weighted by molar-refractivity contribution is 5.97. The standard InChI is InChI=1S/C20H24N2O/c1-15-9-10-19(13-16(15)2)22-12-11-21(17(3)20(22)23)14-18-7-5-4-6-8-18/h4-10,13,17H,11-12,14H2,1-3H3/t17-/m0/s1. The summed E-state index contributed by atoms with van der Waals surface area (Å²) in [5, 5.41) is 0. The van der Waals surface area contributed by atoms with E-state index in [1.165, 1.54) is 16.7 Å². The zero-order valence-corrected chi connectivity index (χ0v) is 14.1. The molecule has 0 spiro atoms. The predicted octanol–water partition coefficient (Wildman–Crippen LogP) is 3.54. The van der Waals surface area contributed by atoms with Crippen molar-refractivity contribution in [2.24, 2.45) is 0 Å². The van der Waals surface area contributed by atoms with Crippen LogP contribution in [0.2, 0.25) is 0 Å². The van der Waals surface area contributed by atoms with Crippen molar-refractivity contribution in [3.63, 3.8) is 0 Å². The molecule has 0 aromatic heterocycles. The van der Waals surface area contributed by atoms with Crippen LogP contribution in [0.15, 0.2) is 48.5 Å². The summed E-state index contributed by atoms with van der Waals surface area (Å²) < 4.78 is 0. The highest BCUT2D eigenvalue weighted by atomic mass is 16.2. The minimum atomic E-state index is -0.0921. The van der Waals surface area contributed by atoms with Crippen LogP contribution < -0.4 is 4.90 Å². The first kappa shape index (κ1) is 15.8. The van der Waals surface area contributed by atoms with Crippen LogP contribution in [0.5, 0.6) is 0 Å². The summed E-state index contributed by atoms with van der Waals surface area (Å²) in [4.78, 5) is 17.0. The maximum atomic E-state index is 12.8. The van der Waals surface area contributed by atoms with Crippen LogP contribution in [-0.2, 0) is 11.3 Å². The number of carbonyl (C=O) groups is 1. The van der Waals surface area contributed by atoms with E-state index in [1.807, 2.05) is 30.0 Å². The molecule has 1 aliphatic rings. The molecule has 1 amide bonds. The van der Waals surface area contributed by atoms with Crippen molar-refractivity contribution in [1.29, 1.82) is 0 Å². The van der Waals surface area contributed by atoms with Crippen molar-refractivity contribution in [3.05, 3.63) is 65.2 Å². The smallest absolute Gasteiger partial charge is 0.244 e. The maximum absolute atomic E-state index is 12.8. The van der Waals surface area contributed by atoms with Crippen molar-refractivity contribution < 1.29 is 4.79 Å². The second-order valence-corrected chi connectivity index (χ2v) is 6.39.